The van der Waals surface area contributed by atoms with Crippen LogP contribution < -0.4 is 0 Å². The van der Waals surface area contributed by atoms with Crippen molar-refractivity contribution in [2.24, 2.45) is 4.99 Å². The molecule has 1 N–H and O–H groups in total. The minimum Gasteiger partial charge on any atom is -0.353 e. The van der Waals surface area contributed by atoms with Gasteiger partial charge >= 0.3 is 0 Å². The second-order valence-corrected chi connectivity index (χ2v) is 3.46. The molecule has 0 saturated carbocycles. The second-order valence-electron chi connectivity index (χ2n) is 3.46. The number of benzene rings is 1. The summed E-state index contributed by atoms with van der Waals surface area (Å²) in [5.41, 5.74) is 2.88. The first kappa shape index (κ1) is 7.74. The highest BCUT2D eigenvalue weighted by Crippen LogP contribution is 2.26. The van der Waals surface area contributed by atoms with E-state index < -0.39 is 0 Å². The second kappa shape index (κ2) is 2.67. The van der Waals surface area contributed by atoms with Gasteiger partial charge in [0.2, 0.25) is 0 Å². The normalized spacial score (nSPS) is 14.6. The molecule has 0 atom stereocenters. The maximum absolute atomic E-state index is 13.5. The van der Waals surface area contributed by atoms with Crippen LogP contribution in [0.4, 0.5) is 4.39 Å². The highest BCUT2D eigenvalue weighted by atomic mass is 19.1. The first-order valence-electron chi connectivity index (χ1n) is 4.65. The number of fused-ring (bicyclic) bond motifs is 3. The molecule has 0 unspecified atom stereocenters. The predicted octanol–water partition coefficient (Wildman–Crippen LogP) is 2.28. The molecule has 1 aliphatic heterocycles. The van der Waals surface area contributed by atoms with Crippen LogP contribution in [0.3, 0.4) is 0 Å². The summed E-state index contributed by atoms with van der Waals surface area (Å²) in [5, 5.41) is 0.730. The minimum absolute atomic E-state index is 0.143. The van der Waals surface area contributed by atoms with E-state index in [1.165, 1.54) is 6.07 Å². The van der Waals surface area contributed by atoms with Gasteiger partial charge in [0, 0.05) is 23.7 Å². The zero-order valence-electron chi connectivity index (χ0n) is 7.55. The minimum atomic E-state index is -0.143. The van der Waals surface area contributed by atoms with Crippen molar-refractivity contribution in [2.45, 2.75) is 6.42 Å². The first-order chi connectivity index (χ1) is 6.86. The summed E-state index contributed by atoms with van der Waals surface area (Å²) in [6, 6.07) is 5.11. The molecule has 1 aromatic carbocycles. The Bertz CT molecular complexity index is 525. The van der Waals surface area contributed by atoms with Gasteiger partial charge in [-0.15, -0.1) is 0 Å². The number of nitrogens with one attached hydrogen (secondary N) is 1. The van der Waals surface area contributed by atoms with E-state index in [1.807, 2.05) is 6.07 Å². The third kappa shape index (κ3) is 0.923. The Morgan fingerprint density at radius 2 is 2.29 bits per heavy atom. The summed E-state index contributed by atoms with van der Waals surface area (Å²) in [7, 11) is 0. The van der Waals surface area contributed by atoms with Gasteiger partial charge in [0.15, 0.2) is 0 Å². The largest absolute Gasteiger partial charge is 0.353 e. The molecule has 0 radical (unpaired) electrons. The van der Waals surface area contributed by atoms with Gasteiger partial charge in [-0.25, -0.2) is 4.39 Å². The molecule has 0 aliphatic carbocycles. The van der Waals surface area contributed by atoms with E-state index in [1.54, 1.807) is 12.3 Å². The van der Waals surface area contributed by atoms with E-state index in [0.717, 1.165) is 35.1 Å². The van der Waals surface area contributed by atoms with E-state index in [9.17, 15) is 4.39 Å². The van der Waals surface area contributed by atoms with E-state index in [-0.39, 0.29) is 5.82 Å². The maximum Gasteiger partial charge on any atom is 0.132 e. The highest BCUT2D eigenvalue weighted by molar-refractivity contribution is 5.94. The molecule has 3 rings (SSSR count). The van der Waals surface area contributed by atoms with Crippen LogP contribution in [0.5, 0.6) is 0 Å². The van der Waals surface area contributed by atoms with Crippen molar-refractivity contribution < 1.29 is 4.39 Å². The van der Waals surface area contributed by atoms with Gasteiger partial charge < -0.3 is 4.98 Å². The average molecular weight is 188 g/mol. The SMILES string of the molecule is Fc1cccc2[nH]c3c(c12)CCN=C3. The molecule has 0 fully saturated rings. The van der Waals surface area contributed by atoms with Crippen molar-refractivity contribution in [3.8, 4) is 0 Å². The molecule has 0 amide bonds. The van der Waals surface area contributed by atoms with Crippen molar-refractivity contribution in [3.05, 3.63) is 35.3 Å². The average Bonchev–Trinajstić information content (AvgIpc) is 2.57. The molecule has 2 heterocycles. The molecule has 1 aromatic heterocycles. The quantitative estimate of drug-likeness (QED) is 0.657. The monoisotopic (exact) mass is 188 g/mol. The molecular formula is C11H9FN2. The van der Waals surface area contributed by atoms with Crippen molar-refractivity contribution in [3.63, 3.8) is 0 Å². The fourth-order valence-electron chi connectivity index (χ4n) is 1.99. The van der Waals surface area contributed by atoms with Gasteiger partial charge in [0.1, 0.15) is 5.82 Å². The summed E-state index contributed by atoms with van der Waals surface area (Å²) in [4.78, 5) is 7.33. The summed E-state index contributed by atoms with van der Waals surface area (Å²) in [5.74, 6) is -0.143. The van der Waals surface area contributed by atoms with Crippen LogP contribution in [0, 0.1) is 5.82 Å². The van der Waals surface area contributed by atoms with Gasteiger partial charge in [-0.3, -0.25) is 4.99 Å². The van der Waals surface area contributed by atoms with Crippen LogP contribution in [0.1, 0.15) is 11.3 Å². The van der Waals surface area contributed by atoms with Gasteiger partial charge in [-0.2, -0.15) is 0 Å². The van der Waals surface area contributed by atoms with Crippen molar-refractivity contribution in [2.75, 3.05) is 6.54 Å². The van der Waals surface area contributed by atoms with Gasteiger partial charge in [0.05, 0.1) is 5.69 Å². The number of nitrogens with zero attached hydrogens (tertiary/aromatic N) is 1. The van der Waals surface area contributed by atoms with Crippen molar-refractivity contribution in [1.29, 1.82) is 0 Å². The number of halogens is 1. The maximum atomic E-state index is 13.5. The lowest BCUT2D eigenvalue weighted by atomic mass is 10.1. The molecule has 14 heavy (non-hydrogen) atoms. The number of aromatic amines is 1. The zero-order valence-corrected chi connectivity index (χ0v) is 7.55. The topological polar surface area (TPSA) is 28.1 Å². The summed E-state index contributed by atoms with van der Waals surface area (Å²) in [6.07, 6.45) is 2.62. The molecular weight excluding hydrogens is 179 g/mol. The molecule has 70 valence electrons. The molecule has 1 aliphatic rings. The Morgan fingerprint density at radius 1 is 1.36 bits per heavy atom. The van der Waals surface area contributed by atoms with Crippen LogP contribution in [-0.4, -0.2) is 17.7 Å². The Kier molecular flexibility index (Phi) is 1.48. The Labute approximate surface area is 80.5 Å². The zero-order chi connectivity index (χ0) is 9.54. The summed E-state index contributed by atoms with van der Waals surface area (Å²) in [6.45, 7) is 0.758. The lowest BCUT2D eigenvalue weighted by Crippen LogP contribution is -2.00. The van der Waals surface area contributed by atoms with Crippen LogP contribution >= 0.6 is 0 Å². The number of hydrogen-bond donors (Lipinski definition) is 1. The Hall–Kier alpha value is -1.64. The summed E-state index contributed by atoms with van der Waals surface area (Å²) >= 11 is 0. The molecule has 2 nitrogen and oxygen atoms in total. The van der Waals surface area contributed by atoms with E-state index in [2.05, 4.69) is 9.98 Å². The van der Waals surface area contributed by atoms with Crippen LogP contribution in [-0.2, 0) is 6.42 Å². The third-order valence-corrected chi connectivity index (χ3v) is 2.62. The lowest BCUT2D eigenvalue weighted by molar-refractivity contribution is 0.639. The third-order valence-electron chi connectivity index (χ3n) is 2.62. The first-order valence-corrected chi connectivity index (χ1v) is 4.65. The molecule has 0 spiro atoms. The fraction of sp³-hybridized carbons (Fsp3) is 0.182. The van der Waals surface area contributed by atoms with Gasteiger partial charge in [-0.05, 0) is 24.1 Å². The smallest absolute Gasteiger partial charge is 0.132 e. The van der Waals surface area contributed by atoms with E-state index in [0.29, 0.717) is 0 Å². The van der Waals surface area contributed by atoms with Gasteiger partial charge in [0.25, 0.3) is 0 Å². The summed E-state index contributed by atoms with van der Waals surface area (Å²) < 4.78 is 13.5. The molecule has 0 saturated heterocycles. The highest BCUT2D eigenvalue weighted by Gasteiger charge is 2.14. The molecule has 3 heteroatoms. The number of aliphatic imine (C=N–C) groups is 1. The van der Waals surface area contributed by atoms with Crippen molar-refractivity contribution >= 4 is 17.1 Å². The van der Waals surface area contributed by atoms with E-state index >= 15 is 0 Å². The molecule has 0 bridgehead atoms. The standard InChI is InChI=1S/C11H9FN2/c12-8-2-1-3-9-11(8)7-4-5-13-6-10(7)14-9/h1-3,6,14H,4-5H2. The van der Waals surface area contributed by atoms with Crippen LogP contribution in [0.15, 0.2) is 23.2 Å². The van der Waals surface area contributed by atoms with Crippen LogP contribution in [0.2, 0.25) is 0 Å². The fourth-order valence-corrected chi connectivity index (χ4v) is 1.99. The lowest BCUT2D eigenvalue weighted by Gasteiger charge is -2.03. The Balaban J connectivity index is 2.45. The van der Waals surface area contributed by atoms with Crippen LogP contribution in [0.25, 0.3) is 10.9 Å². The number of aromatic nitrogens is 1. The number of hydrogen-bond acceptors (Lipinski definition) is 1. The van der Waals surface area contributed by atoms with Gasteiger partial charge in [-0.1, -0.05) is 6.07 Å². The van der Waals surface area contributed by atoms with E-state index in [4.69, 9.17) is 0 Å². The Morgan fingerprint density at radius 3 is 3.21 bits per heavy atom. The predicted molar refractivity (Wildman–Crippen MR) is 54.4 cm³/mol. The number of rotatable bonds is 0. The van der Waals surface area contributed by atoms with Crippen molar-refractivity contribution in [1.82, 2.24) is 4.98 Å². The molecule has 2 aromatic rings. The number of H-pyrrole nitrogens is 1.